The van der Waals surface area contributed by atoms with Crippen molar-refractivity contribution in [2.75, 3.05) is 13.2 Å². The van der Waals surface area contributed by atoms with Crippen molar-refractivity contribution in [1.82, 2.24) is 4.90 Å². The zero-order valence-electron chi connectivity index (χ0n) is 11.1. The van der Waals surface area contributed by atoms with Crippen LogP contribution in [0.1, 0.15) is 19.8 Å². The van der Waals surface area contributed by atoms with Crippen LogP contribution in [0.25, 0.3) is 0 Å². The number of β-amino-alcohol motifs (C(OH)–C–C–N with tert-alkyl or cyclic N) is 1. The third-order valence-corrected chi connectivity index (χ3v) is 4.87. The highest BCUT2D eigenvalue weighted by atomic mass is 16.3. The molecule has 3 aliphatic rings. The van der Waals surface area contributed by atoms with E-state index in [2.05, 4.69) is 18.2 Å². The second kappa shape index (κ2) is 4.30. The molecule has 1 saturated heterocycles. The van der Waals surface area contributed by atoms with Crippen molar-refractivity contribution in [3.05, 3.63) is 24.3 Å². The lowest BCUT2D eigenvalue weighted by Crippen LogP contribution is -2.37. The number of rotatable bonds is 4. The summed E-state index contributed by atoms with van der Waals surface area (Å²) in [6.07, 6.45) is 10.1. The van der Waals surface area contributed by atoms with E-state index in [1.54, 1.807) is 0 Å². The first-order chi connectivity index (χ1) is 9.14. The highest BCUT2D eigenvalue weighted by Crippen LogP contribution is 2.61. The minimum absolute atomic E-state index is 0.0826. The van der Waals surface area contributed by atoms with Gasteiger partial charge in [-0.25, -0.2) is 0 Å². The van der Waals surface area contributed by atoms with Crippen LogP contribution >= 0.6 is 0 Å². The van der Waals surface area contributed by atoms with E-state index >= 15 is 0 Å². The van der Waals surface area contributed by atoms with Crippen molar-refractivity contribution < 1.29 is 14.7 Å². The Bertz CT molecular complexity index is 482. The largest absolute Gasteiger partial charge is 0.395 e. The van der Waals surface area contributed by atoms with Gasteiger partial charge in [0.1, 0.15) is 0 Å². The summed E-state index contributed by atoms with van der Waals surface area (Å²) in [5.74, 6) is -0.358. The lowest BCUT2D eigenvalue weighted by Gasteiger charge is -2.29. The number of aliphatic hydroxyl groups excluding tert-OH is 1. The Labute approximate surface area is 112 Å². The van der Waals surface area contributed by atoms with Gasteiger partial charge in [-0.15, -0.1) is 0 Å². The molecule has 0 aromatic heterocycles. The quantitative estimate of drug-likeness (QED) is 0.609. The van der Waals surface area contributed by atoms with Crippen molar-refractivity contribution in [3.8, 4) is 0 Å². The van der Waals surface area contributed by atoms with Crippen LogP contribution in [-0.4, -0.2) is 35.0 Å². The average Bonchev–Trinajstić information content (AvgIpc) is 3.03. The van der Waals surface area contributed by atoms with Gasteiger partial charge in [-0.3, -0.25) is 14.5 Å². The molecular weight excluding hydrogens is 242 g/mol. The third-order valence-electron chi connectivity index (χ3n) is 4.87. The molecule has 3 rings (SSSR count). The number of allylic oxidation sites excluding steroid dienone is 4. The fourth-order valence-corrected chi connectivity index (χ4v) is 4.09. The second-order valence-corrected chi connectivity index (χ2v) is 5.79. The Morgan fingerprint density at radius 1 is 1.47 bits per heavy atom. The van der Waals surface area contributed by atoms with E-state index in [-0.39, 0.29) is 48.1 Å². The highest BCUT2D eigenvalue weighted by Gasteiger charge is 2.65. The van der Waals surface area contributed by atoms with Crippen LogP contribution in [0.15, 0.2) is 24.3 Å². The van der Waals surface area contributed by atoms with E-state index in [4.69, 9.17) is 5.11 Å². The summed E-state index contributed by atoms with van der Waals surface area (Å²) in [7, 11) is 0. The molecule has 0 radical (unpaired) electrons. The van der Waals surface area contributed by atoms with Crippen LogP contribution in [0.3, 0.4) is 0 Å². The fourth-order valence-electron chi connectivity index (χ4n) is 4.09. The van der Waals surface area contributed by atoms with Gasteiger partial charge in [0.15, 0.2) is 0 Å². The number of imide groups is 1. The van der Waals surface area contributed by atoms with Gasteiger partial charge in [0.2, 0.25) is 11.8 Å². The van der Waals surface area contributed by atoms with Crippen molar-refractivity contribution in [2.45, 2.75) is 19.8 Å². The molecule has 2 fully saturated rings. The first-order valence-corrected chi connectivity index (χ1v) is 6.91. The van der Waals surface area contributed by atoms with Gasteiger partial charge in [-0.1, -0.05) is 24.3 Å². The number of aliphatic hydroxyl groups is 1. The Morgan fingerprint density at radius 3 is 2.95 bits per heavy atom. The lowest BCUT2D eigenvalue weighted by atomic mass is 9.72. The van der Waals surface area contributed by atoms with Crippen LogP contribution in [-0.2, 0) is 9.59 Å². The number of hydrogen-bond donors (Lipinski definition) is 1. The topological polar surface area (TPSA) is 57.6 Å². The molecule has 4 unspecified atom stereocenters. The van der Waals surface area contributed by atoms with Crippen molar-refractivity contribution in [2.24, 2.45) is 23.2 Å². The number of nitrogens with zero attached hydrogens (tertiary/aromatic N) is 1. The van der Waals surface area contributed by atoms with Gasteiger partial charge >= 0.3 is 0 Å². The highest BCUT2D eigenvalue weighted by molar-refractivity contribution is 6.06. The molecule has 2 aliphatic carbocycles. The molecule has 1 N–H and O–H groups in total. The van der Waals surface area contributed by atoms with Crippen LogP contribution in [0.4, 0.5) is 0 Å². The monoisotopic (exact) mass is 261 g/mol. The number of hydrogen-bond acceptors (Lipinski definition) is 3. The molecule has 4 nitrogen and oxygen atoms in total. The second-order valence-electron chi connectivity index (χ2n) is 5.79. The average molecular weight is 261 g/mol. The minimum Gasteiger partial charge on any atom is -0.395 e. The molecule has 1 aliphatic heterocycles. The van der Waals surface area contributed by atoms with Gasteiger partial charge in [0, 0.05) is 5.41 Å². The normalized spacial score (nSPS) is 39.9. The molecule has 0 aromatic rings. The predicted molar refractivity (Wildman–Crippen MR) is 69.9 cm³/mol. The lowest BCUT2D eigenvalue weighted by molar-refractivity contribution is -0.141. The van der Waals surface area contributed by atoms with Crippen molar-refractivity contribution in [3.63, 3.8) is 0 Å². The molecule has 4 atom stereocenters. The van der Waals surface area contributed by atoms with Crippen molar-refractivity contribution in [1.29, 1.82) is 0 Å². The third kappa shape index (κ3) is 1.56. The van der Waals surface area contributed by atoms with E-state index in [9.17, 15) is 9.59 Å². The molecule has 1 saturated carbocycles. The molecule has 19 heavy (non-hydrogen) atoms. The number of carbonyl (C=O) groups excluding carboxylic acids is 2. The first-order valence-electron chi connectivity index (χ1n) is 6.91. The molecule has 0 spiro atoms. The summed E-state index contributed by atoms with van der Waals surface area (Å²) in [4.78, 5) is 26.1. The standard InChI is InChI=1S/C15H19NO3/c1-2-3-5-15-6-4-10(9-15)11-12(15)14(19)16(7-8-17)13(11)18/h2-4,6,10-12,17H,5,7-9H2,1H3. The molecule has 0 aromatic carbocycles. The predicted octanol–water partition coefficient (Wildman–Crippen LogP) is 1.12. The number of likely N-dealkylation sites (tertiary alicyclic amines) is 1. The SMILES string of the molecule is CC=CCC12C=CC(C1)C1C(=O)N(CCO)C(=O)C12. The van der Waals surface area contributed by atoms with Crippen LogP contribution in [0.2, 0.25) is 0 Å². The zero-order chi connectivity index (χ0) is 13.6. The van der Waals surface area contributed by atoms with E-state index in [1.165, 1.54) is 4.90 Å². The smallest absolute Gasteiger partial charge is 0.234 e. The van der Waals surface area contributed by atoms with Gasteiger partial charge in [0.25, 0.3) is 0 Å². The van der Waals surface area contributed by atoms with Gasteiger partial charge in [-0.05, 0) is 25.7 Å². The number of carbonyl (C=O) groups is 2. The van der Waals surface area contributed by atoms with Crippen LogP contribution in [0.5, 0.6) is 0 Å². The summed E-state index contributed by atoms with van der Waals surface area (Å²) >= 11 is 0. The Morgan fingerprint density at radius 2 is 2.26 bits per heavy atom. The van der Waals surface area contributed by atoms with Gasteiger partial charge in [-0.2, -0.15) is 0 Å². The number of amides is 2. The maximum Gasteiger partial charge on any atom is 0.234 e. The van der Waals surface area contributed by atoms with E-state index in [0.29, 0.717) is 0 Å². The minimum atomic E-state index is -0.210. The molecule has 2 amide bonds. The molecule has 4 heteroatoms. The van der Waals surface area contributed by atoms with Gasteiger partial charge in [0.05, 0.1) is 25.0 Å². The summed E-state index contributed by atoms with van der Waals surface area (Å²) in [6.45, 7) is 1.95. The van der Waals surface area contributed by atoms with Crippen LogP contribution in [0, 0.1) is 23.2 Å². The molecule has 102 valence electrons. The summed E-state index contributed by atoms with van der Waals surface area (Å²) < 4.78 is 0. The van der Waals surface area contributed by atoms with Crippen LogP contribution < -0.4 is 0 Å². The Balaban J connectivity index is 1.94. The van der Waals surface area contributed by atoms with Gasteiger partial charge < -0.3 is 5.11 Å². The van der Waals surface area contributed by atoms with E-state index < -0.39 is 0 Å². The summed E-state index contributed by atoms with van der Waals surface area (Å²) in [5.41, 5.74) is -0.168. The molecular formula is C15H19NO3. The maximum atomic E-state index is 12.5. The first kappa shape index (κ1) is 12.6. The summed E-state index contributed by atoms with van der Waals surface area (Å²) in [5, 5.41) is 9.01. The van der Waals surface area contributed by atoms with E-state index in [1.807, 2.05) is 13.0 Å². The number of fused-ring (bicyclic) bond motifs is 5. The zero-order valence-corrected chi connectivity index (χ0v) is 11.1. The van der Waals surface area contributed by atoms with E-state index in [0.717, 1.165) is 12.8 Å². The molecule has 2 bridgehead atoms. The Kier molecular flexibility index (Phi) is 2.86. The fraction of sp³-hybridized carbons (Fsp3) is 0.600. The van der Waals surface area contributed by atoms with Crippen molar-refractivity contribution >= 4 is 11.8 Å². The summed E-state index contributed by atoms with van der Waals surface area (Å²) in [6, 6.07) is 0. The maximum absolute atomic E-state index is 12.5. The Hall–Kier alpha value is -1.42. The molecule has 1 heterocycles.